The molecule has 21 heavy (non-hydrogen) atoms. The number of hydrogen-bond acceptors (Lipinski definition) is 3. The first kappa shape index (κ1) is 13.8. The Morgan fingerprint density at radius 3 is 2.71 bits per heavy atom. The van der Waals surface area contributed by atoms with Gasteiger partial charge >= 0.3 is 0 Å². The van der Waals surface area contributed by atoms with Crippen LogP contribution in [0.2, 0.25) is 0 Å². The van der Waals surface area contributed by atoms with Crippen LogP contribution in [0, 0.1) is 6.92 Å². The first-order chi connectivity index (χ1) is 10.2. The normalized spacial score (nSPS) is 10.6. The van der Waals surface area contributed by atoms with Crippen LogP contribution in [0.25, 0.3) is 10.9 Å². The van der Waals surface area contributed by atoms with Gasteiger partial charge in [0.05, 0.1) is 4.47 Å². The Morgan fingerprint density at radius 2 is 1.95 bits per heavy atom. The van der Waals surface area contributed by atoms with Crippen molar-refractivity contribution in [2.45, 2.75) is 6.92 Å². The van der Waals surface area contributed by atoms with Crippen LogP contribution in [0.5, 0.6) is 11.5 Å². The van der Waals surface area contributed by atoms with E-state index >= 15 is 0 Å². The summed E-state index contributed by atoms with van der Waals surface area (Å²) in [6.45, 7) is 1.95. The molecular formula is C17H12BrNO2. The minimum Gasteiger partial charge on any atom is -0.454 e. The van der Waals surface area contributed by atoms with Crippen molar-refractivity contribution in [3.05, 3.63) is 64.3 Å². The highest BCUT2D eigenvalue weighted by molar-refractivity contribution is 9.10. The summed E-state index contributed by atoms with van der Waals surface area (Å²) in [4.78, 5) is 15.3. The lowest BCUT2D eigenvalue weighted by molar-refractivity contribution is 0.112. The number of hydrogen-bond donors (Lipinski definition) is 0. The topological polar surface area (TPSA) is 39.2 Å². The molecule has 1 heterocycles. The number of aryl methyl sites for hydroxylation is 1. The van der Waals surface area contributed by atoms with Crippen molar-refractivity contribution < 1.29 is 9.53 Å². The average molecular weight is 342 g/mol. The van der Waals surface area contributed by atoms with Gasteiger partial charge in [0.2, 0.25) is 0 Å². The van der Waals surface area contributed by atoms with E-state index in [1.54, 1.807) is 18.2 Å². The number of aromatic nitrogens is 1. The molecule has 0 bridgehead atoms. The molecule has 3 aromatic rings. The zero-order valence-corrected chi connectivity index (χ0v) is 12.9. The zero-order valence-electron chi connectivity index (χ0n) is 11.3. The van der Waals surface area contributed by atoms with Crippen LogP contribution >= 0.6 is 15.9 Å². The second-order valence-electron chi connectivity index (χ2n) is 4.69. The Kier molecular flexibility index (Phi) is 3.71. The minimum absolute atomic E-state index is 0.598. The van der Waals surface area contributed by atoms with Gasteiger partial charge in [0, 0.05) is 16.6 Å². The van der Waals surface area contributed by atoms with Crippen LogP contribution in [-0.4, -0.2) is 11.3 Å². The molecule has 0 N–H and O–H groups in total. The van der Waals surface area contributed by atoms with E-state index < -0.39 is 0 Å². The standard InChI is InChI=1S/C17H12BrNO2/c1-11-5-7-13-3-2-4-16(17(13)19-11)21-15-8-6-12(10-20)9-14(15)18/h2-10H,1H3. The van der Waals surface area contributed by atoms with Crippen LogP contribution in [0.1, 0.15) is 16.1 Å². The van der Waals surface area contributed by atoms with Crippen molar-refractivity contribution in [1.29, 1.82) is 0 Å². The molecule has 1 aromatic heterocycles. The van der Waals surface area contributed by atoms with E-state index in [-0.39, 0.29) is 0 Å². The van der Waals surface area contributed by atoms with Crippen LogP contribution in [0.4, 0.5) is 0 Å². The molecule has 4 heteroatoms. The third-order valence-electron chi connectivity index (χ3n) is 3.13. The molecule has 0 atom stereocenters. The lowest BCUT2D eigenvalue weighted by atomic mass is 10.2. The average Bonchev–Trinajstić information content (AvgIpc) is 2.49. The van der Waals surface area contributed by atoms with Gasteiger partial charge in [-0.1, -0.05) is 18.2 Å². The summed E-state index contributed by atoms with van der Waals surface area (Å²) < 4.78 is 6.68. The van der Waals surface area contributed by atoms with Crippen molar-refractivity contribution in [1.82, 2.24) is 4.98 Å². The summed E-state index contributed by atoms with van der Waals surface area (Å²) in [7, 11) is 0. The number of benzene rings is 2. The molecule has 0 amide bonds. The predicted molar refractivity (Wildman–Crippen MR) is 86.1 cm³/mol. The van der Waals surface area contributed by atoms with E-state index in [9.17, 15) is 4.79 Å². The molecule has 2 aromatic carbocycles. The fourth-order valence-corrected chi connectivity index (χ4v) is 2.57. The first-order valence-corrected chi connectivity index (χ1v) is 7.25. The zero-order chi connectivity index (χ0) is 14.8. The van der Waals surface area contributed by atoms with Gasteiger partial charge in [-0.25, -0.2) is 4.98 Å². The molecule has 0 saturated heterocycles. The van der Waals surface area contributed by atoms with Crippen LogP contribution in [0.15, 0.2) is 53.0 Å². The van der Waals surface area contributed by atoms with Crippen molar-refractivity contribution in [2.75, 3.05) is 0 Å². The fourth-order valence-electron chi connectivity index (χ4n) is 2.09. The molecule has 0 fully saturated rings. The largest absolute Gasteiger partial charge is 0.454 e. The second kappa shape index (κ2) is 5.66. The SMILES string of the molecule is Cc1ccc2cccc(Oc3ccc(C=O)cc3Br)c2n1. The van der Waals surface area contributed by atoms with Gasteiger partial charge in [0.15, 0.2) is 5.75 Å². The number of rotatable bonds is 3. The van der Waals surface area contributed by atoms with Crippen molar-refractivity contribution in [2.24, 2.45) is 0 Å². The molecular weight excluding hydrogens is 330 g/mol. The first-order valence-electron chi connectivity index (χ1n) is 6.46. The minimum atomic E-state index is 0.598. The molecule has 0 aliphatic heterocycles. The van der Waals surface area contributed by atoms with Crippen LogP contribution < -0.4 is 4.74 Å². The number of aldehydes is 1. The second-order valence-corrected chi connectivity index (χ2v) is 5.54. The summed E-state index contributed by atoms with van der Waals surface area (Å²) in [6, 6.07) is 15.0. The van der Waals surface area contributed by atoms with Gasteiger partial charge in [-0.3, -0.25) is 4.79 Å². The predicted octanol–water partition coefficient (Wildman–Crippen LogP) is 4.91. The number of para-hydroxylation sites is 1. The van der Waals surface area contributed by atoms with Gasteiger partial charge in [0.1, 0.15) is 17.6 Å². The number of carbonyl (C=O) groups is 1. The van der Waals surface area contributed by atoms with Gasteiger partial charge in [0.25, 0.3) is 0 Å². The quantitative estimate of drug-likeness (QED) is 0.635. The van der Waals surface area contributed by atoms with Gasteiger partial charge < -0.3 is 4.74 Å². The lowest BCUT2D eigenvalue weighted by Crippen LogP contribution is -1.91. The summed E-state index contributed by atoms with van der Waals surface area (Å²) in [6.07, 6.45) is 0.803. The molecule has 0 unspecified atom stereocenters. The summed E-state index contributed by atoms with van der Waals surface area (Å²) in [5, 5.41) is 1.03. The van der Waals surface area contributed by atoms with Gasteiger partial charge in [-0.15, -0.1) is 0 Å². The van der Waals surface area contributed by atoms with E-state index in [0.29, 0.717) is 17.1 Å². The number of carbonyl (C=O) groups excluding carboxylic acids is 1. The van der Waals surface area contributed by atoms with Gasteiger partial charge in [-0.2, -0.15) is 0 Å². The van der Waals surface area contributed by atoms with E-state index in [4.69, 9.17) is 4.74 Å². The summed E-state index contributed by atoms with van der Waals surface area (Å²) >= 11 is 3.42. The Labute approximate surface area is 130 Å². The molecule has 0 saturated carbocycles. The van der Waals surface area contributed by atoms with Crippen molar-refractivity contribution >= 4 is 33.1 Å². The maximum Gasteiger partial charge on any atom is 0.153 e. The number of pyridine rings is 1. The summed E-state index contributed by atoms with van der Waals surface area (Å²) in [5.41, 5.74) is 2.36. The molecule has 0 spiro atoms. The fraction of sp³-hybridized carbons (Fsp3) is 0.0588. The van der Waals surface area contributed by atoms with E-state index in [1.807, 2.05) is 37.3 Å². The maximum absolute atomic E-state index is 10.8. The highest BCUT2D eigenvalue weighted by atomic mass is 79.9. The summed E-state index contributed by atoms with van der Waals surface area (Å²) in [5.74, 6) is 1.34. The highest BCUT2D eigenvalue weighted by Crippen LogP contribution is 2.33. The molecule has 0 radical (unpaired) electrons. The smallest absolute Gasteiger partial charge is 0.153 e. The molecule has 0 aliphatic rings. The van der Waals surface area contributed by atoms with Gasteiger partial charge in [-0.05, 0) is 53.2 Å². The molecule has 104 valence electrons. The molecule has 0 aliphatic carbocycles. The Hall–Kier alpha value is -2.20. The number of fused-ring (bicyclic) bond motifs is 1. The molecule has 3 rings (SSSR count). The third-order valence-corrected chi connectivity index (χ3v) is 3.75. The Morgan fingerprint density at radius 1 is 1.10 bits per heavy atom. The number of ether oxygens (including phenoxy) is 1. The van der Waals surface area contributed by atoms with Crippen molar-refractivity contribution in [3.63, 3.8) is 0 Å². The maximum atomic E-state index is 10.8. The Balaban J connectivity index is 2.05. The highest BCUT2D eigenvalue weighted by Gasteiger charge is 2.08. The lowest BCUT2D eigenvalue weighted by Gasteiger charge is -2.10. The third kappa shape index (κ3) is 2.81. The van der Waals surface area contributed by atoms with E-state index in [1.165, 1.54) is 0 Å². The van der Waals surface area contributed by atoms with E-state index in [0.717, 1.165) is 27.4 Å². The molecule has 3 nitrogen and oxygen atoms in total. The van der Waals surface area contributed by atoms with Crippen LogP contribution in [-0.2, 0) is 0 Å². The number of nitrogens with zero attached hydrogens (tertiary/aromatic N) is 1. The number of halogens is 1. The van der Waals surface area contributed by atoms with Crippen molar-refractivity contribution in [3.8, 4) is 11.5 Å². The Bertz CT molecular complexity index is 830. The van der Waals surface area contributed by atoms with Crippen LogP contribution in [0.3, 0.4) is 0 Å². The van der Waals surface area contributed by atoms with E-state index in [2.05, 4.69) is 20.9 Å². The monoisotopic (exact) mass is 341 g/mol.